The van der Waals surface area contributed by atoms with Crippen molar-refractivity contribution in [1.82, 2.24) is 0 Å². The Morgan fingerprint density at radius 2 is 1.69 bits per heavy atom. The van der Waals surface area contributed by atoms with E-state index in [2.05, 4.69) is 5.32 Å². The fourth-order valence-corrected chi connectivity index (χ4v) is 4.03. The molecule has 5 nitrogen and oxygen atoms in total. The Hall–Kier alpha value is -3.28. The predicted octanol–water partition coefficient (Wildman–Crippen LogP) is 6.40. The molecule has 0 spiro atoms. The summed E-state index contributed by atoms with van der Waals surface area (Å²) in [6, 6.07) is 17.7. The van der Waals surface area contributed by atoms with E-state index in [0.29, 0.717) is 16.3 Å². The first kappa shape index (κ1) is 21.9. The second kappa shape index (κ2) is 9.07. The molecule has 7 heteroatoms. The highest BCUT2D eigenvalue weighted by Gasteiger charge is 2.20. The van der Waals surface area contributed by atoms with Gasteiger partial charge in [0, 0.05) is 16.3 Å². The maximum atomic E-state index is 13.3. The number of carbonyl (C=O) groups excluding carboxylic acids is 1. The van der Waals surface area contributed by atoms with Crippen LogP contribution in [0.25, 0.3) is 22.3 Å². The third kappa shape index (κ3) is 4.64. The summed E-state index contributed by atoms with van der Waals surface area (Å²) in [6.07, 6.45) is 0. The number of carbonyl (C=O) groups is 1. The lowest BCUT2D eigenvalue weighted by Crippen LogP contribution is -2.22. The molecule has 0 unspecified atom stereocenters. The molecule has 4 aromatic rings. The van der Waals surface area contributed by atoms with Crippen molar-refractivity contribution in [3.05, 3.63) is 92.1 Å². The van der Waals surface area contributed by atoms with Crippen LogP contribution < -0.4 is 15.5 Å². The molecule has 4 rings (SSSR count). The van der Waals surface area contributed by atoms with Gasteiger partial charge in [-0.1, -0.05) is 59.6 Å². The number of fused-ring (bicyclic) bond motifs is 1. The summed E-state index contributed by atoms with van der Waals surface area (Å²) in [5, 5.41) is 3.46. The highest BCUT2D eigenvalue weighted by Crippen LogP contribution is 2.35. The van der Waals surface area contributed by atoms with E-state index >= 15 is 0 Å². The zero-order chi connectivity index (χ0) is 22.8. The van der Waals surface area contributed by atoms with Crippen LogP contribution in [0.15, 0.2) is 69.9 Å². The lowest BCUT2D eigenvalue weighted by Gasteiger charge is -2.13. The van der Waals surface area contributed by atoms with Crippen molar-refractivity contribution in [2.75, 3.05) is 11.9 Å². The molecule has 0 bridgehead atoms. The molecular weight excluding hydrogens is 449 g/mol. The Labute approximate surface area is 194 Å². The van der Waals surface area contributed by atoms with E-state index in [1.807, 2.05) is 38.1 Å². The van der Waals surface area contributed by atoms with Crippen LogP contribution in [0.1, 0.15) is 11.1 Å². The predicted molar refractivity (Wildman–Crippen MR) is 128 cm³/mol. The minimum Gasteiger partial charge on any atom is -0.476 e. The average molecular weight is 468 g/mol. The Morgan fingerprint density at radius 3 is 2.38 bits per heavy atom. The van der Waals surface area contributed by atoms with Gasteiger partial charge in [0.2, 0.25) is 11.2 Å². The summed E-state index contributed by atoms with van der Waals surface area (Å²) in [6.45, 7) is 3.51. The van der Waals surface area contributed by atoms with Gasteiger partial charge in [-0.05, 0) is 49.2 Å². The quantitative estimate of drug-likeness (QED) is 0.368. The zero-order valence-electron chi connectivity index (χ0n) is 17.4. The van der Waals surface area contributed by atoms with Crippen LogP contribution in [-0.2, 0) is 4.79 Å². The van der Waals surface area contributed by atoms with Crippen LogP contribution in [0.2, 0.25) is 10.0 Å². The zero-order valence-corrected chi connectivity index (χ0v) is 18.9. The lowest BCUT2D eigenvalue weighted by molar-refractivity contribution is -0.118. The normalized spacial score (nSPS) is 10.9. The van der Waals surface area contributed by atoms with E-state index in [4.69, 9.17) is 32.4 Å². The largest absolute Gasteiger partial charge is 0.476 e. The number of rotatable bonds is 5. The summed E-state index contributed by atoms with van der Waals surface area (Å²) < 4.78 is 11.7. The van der Waals surface area contributed by atoms with Gasteiger partial charge in [0.15, 0.2) is 18.0 Å². The smallest absolute Gasteiger partial charge is 0.262 e. The number of anilines is 1. The number of halogens is 2. The summed E-state index contributed by atoms with van der Waals surface area (Å²) in [7, 11) is 0. The molecule has 0 aliphatic rings. The van der Waals surface area contributed by atoms with Crippen LogP contribution in [0.5, 0.6) is 5.75 Å². The molecule has 0 fully saturated rings. The van der Waals surface area contributed by atoms with Gasteiger partial charge in [-0.3, -0.25) is 9.59 Å². The van der Waals surface area contributed by atoms with Crippen LogP contribution in [0, 0.1) is 13.8 Å². The Kier molecular flexibility index (Phi) is 6.21. The van der Waals surface area contributed by atoms with E-state index < -0.39 is 11.3 Å². The van der Waals surface area contributed by atoms with E-state index in [1.165, 1.54) is 12.1 Å². The van der Waals surface area contributed by atoms with Gasteiger partial charge in [0.05, 0.1) is 10.4 Å². The Balaban J connectivity index is 1.71. The molecule has 162 valence electrons. The van der Waals surface area contributed by atoms with Crippen molar-refractivity contribution < 1.29 is 13.9 Å². The number of benzene rings is 3. The molecule has 32 heavy (non-hydrogen) atoms. The first-order valence-electron chi connectivity index (χ1n) is 9.84. The first-order valence-corrected chi connectivity index (χ1v) is 10.6. The molecule has 0 aliphatic heterocycles. The summed E-state index contributed by atoms with van der Waals surface area (Å²) in [5.74, 6) is -0.304. The number of aryl methyl sites for hydroxylation is 2. The third-order valence-corrected chi connectivity index (χ3v) is 5.26. The van der Waals surface area contributed by atoms with Crippen molar-refractivity contribution in [3.8, 4) is 17.1 Å². The van der Waals surface area contributed by atoms with E-state index in [0.717, 1.165) is 11.1 Å². The topological polar surface area (TPSA) is 68.5 Å². The van der Waals surface area contributed by atoms with Crippen molar-refractivity contribution in [3.63, 3.8) is 0 Å². The average Bonchev–Trinajstić information content (AvgIpc) is 2.73. The molecule has 0 saturated carbocycles. The SMILES string of the molecule is Cc1cc(C)cc(NC(=O)COc2c(-c3ccccc3)oc3c(Cl)cc(Cl)cc3c2=O)c1. The van der Waals surface area contributed by atoms with Crippen molar-refractivity contribution >= 4 is 45.8 Å². The molecule has 1 N–H and O–H groups in total. The number of ether oxygens (including phenoxy) is 1. The fraction of sp³-hybridized carbons (Fsp3) is 0.120. The van der Waals surface area contributed by atoms with Crippen molar-refractivity contribution in [2.24, 2.45) is 0 Å². The molecule has 3 aromatic carbocycles. The molecular formula is C25H19Cl2NO4. The van der Waals surface area contributed by atoms with Crippen molar-refractivity contribution in [1.29, 1.82) is 0 Å². The Morgan fingerprint density at radius 1 is 1.00 bits per heavy atom. The number of hydrogen-bond donors (Lipinski definition) is 1. The van der Waals surface area contributed by atoms with E-state index in [9.17, 15) is 9.59 Å². The number of nitrogens with one attached hydrogen (secondary N) is 1. The molecule has 0 aliphatic carbocycles. The molecule has 0 atom stereocenters. The fourth-order valence-electron chi connectivity index (χ4n) is 3.50. The molecule has 1 amide bonds. The number of amides is 1. The third-order valence-electron chi connectivity index (χ3n) is 4.76. The number of hydrogen-bond acceptors (Lipinski definition) is 4. The van der Waals surface area contributed by atoms with Crippen LogP contribution in [-0.4, -0.2) is 12.5 Å². The first-order chi connectivity index (χ1) is 15.3. The molecule has 0 saturated heterocycles. The lowest BCUT2D eigenvalue weighted by atomic mass is 10.1. The highest BCUT2D eigenvalue weighted by molar-refractivity contribution is 6.38. The maximum Gasteiger partial charge on any atom is 0.262 e. The molecule has 1 heterocycles. The minimum absolute atomic E-state index is 0.0855. The second-order valence-electron chi connectivity index (χ2n) is 7.43. The second-order valence-corrected chi connectivity index (χ2v) is 8.28. The monoisotopic (exact) mass is 467 g/mol. The van der Waals surface area contributed by atoms with Gasteiger partial charge in [-0.15, -0.1) is 0 Å². The van der Waals surface area contributed by atoms with Crippen LogP contribution in [0.4, 0.5) is 5.69 Å². The van der Waals surface area contributed by atoms with Gasteiger partial charge < -0.3 is 14.5 Å². The summed E-state index contributed by atoms with van der Waals surface area (Å²) in [4.78, 5) is 25.8. The van der Waals surface area contributed by atoms with E-state index in [1.54, 1.807) is 24.3 Å². The standard InChI is InChI=1S/C25H19Cl2NO4/c1-14-8-15(2)10-18(9-14)28-21(29)13-31-25-22(30)19-11-17(26)12-20(27)24(19)32-23(25)16-6-4-3-5-7-16/h3-12H,13H2,1-2H3,(H,28,29). The van der Waals surface area contributed by atoms with Crippen molar-refractivity contribution in [2.45, 2.75) is 13.8 Å². The van der Waals surface area contributed by atoms with Gasteiger partial charge in [0.25, 0.3) is 5.91 Å². The van der Waals surface area contributed by atoms with Crippen LogP contribution >= 0.6 is 23.2 Å². The van der Waals surface area contributed by atoms with Gasteiger partial charge in [0.1, 0.15) is 0 Å². The molecule has 0 radical (unpaired) electrons. The van der Waals surface area contributed by atoms with Gasteiger partial charge >= 0.3 is 0 Å². The maximum absolute atomic E-state index is 13.3. The minimum atomic E-state index is -0.464. The summed E-state index contributed by atoms with van der Waals surface area (Å²) in [5.41, 5.74) is 3.06. The summed E-state index contributed by atoms with van der Waals surface area (Å²) >= 11 is 12.3. The molecule has 1 aromatic heterocycles. The van der Waals surface area contributed by atoms with E-state index in [-0.39, 0.29) is 34.1 Å². The van der Waals surface area contributed by atoms with Crippen LogP contribution in [0.3, 0.4) is 0 Å². The van der Waals surface area contributed by atoms with Gasteiger partial charge in [-0.2, -0.15) is 0 Å². The Bertz CT molecular complexity index is 1360. The highest BCUT2D eigenvalue weighted by atomic mass is 35.5. The van der Waals surface area contributed by atoms with Gasteiger partial charge in [-0.25, -0.2) is 0 Å².